The molecule has 0 spiro atoms. The Morgan fingerprint density at radius 2 is 1.81 bits per heavy atom. The van der Waals surface area contributed by atoms with Gasteiger partial charge in [-0.05, 0) is 29.8 Å². The quantitative estimate of drug-likeness (QED) is 0.769. The van der Waals surface area contributed by atoms with Crippen molar-refractivity contribution in [1.82, 2.24) is 4.98 Å². The lowest BCUT2D eigenvalue weighted by molar-refractivity contribution is -0.137. The minimum Gasteiger partial charge on any atom is -0.385 e. The van der Waals surface area contributed by atoms with Gasteiger partial charge in [-0.1, -0.05) is 12.1 Å². The van der Waals surface area contributed by atoms with E-state index in [9.17, 15) is 13.2 Å². The number of H-pyrrole nitrogens is 1. The third kappa shape index (κ3) is 2.03. The Kier molecular flexibility index (Phi) is 2.38. The molecule has 16 heavy (non-hydrogen) atoms. The lowest BCUT2D eigenvalue weighted by atomic mass is 10.1. The molecule has 0 radical (unpaired) electrons. The maximum atomic E-state index is 12.5. The van der Waals surface area contributed by atoms with Crippen LogP contribution in [0.2, 0.25) is 0 Å². The summed E-state index contributed by atoms with van der Waals surface area (Å²) in [5, 5.41) is 0. The molecule has 0 atom stereocenters. The predicted octanol–water partition coefficient (Wildman–Crippen LogP) is 3.28. The summed E-state index contributed by atoms with van der Waals surface area (Å²) in [7, 11) is 0. The molecule has 1 aromatic heterocycles. The molecule has 2 aromatic rings. The smallest absolute Gasteiger partial charge is 0.385 e. The minimum absolute atomic E-state index is 0.424. The number of nitrogen functional groups attached to an aromatic ring is 1. The fourth-order valence-electron chi connectivity index (χ4n) is 1.44. The Morgan fingerprint density at radius 1 is 1.06 bits per heavy atom. The number of benzene rings is 1. The van der Waals surface area contributed by atoms with Crippen LogP contribution in [0.3, 0.4) is 0 Å². The summed E-state index contributed by atoms with van der Waals surface area (Å²) in [6.07, 6.45) is -4.33. The second kappa shape index (κ2) is 3.59. The molecule has 1 aromatic carbocycles. The van der Waals surface area contributed by atoms with Crippen molar-refractivity contribution in [2.24, 2.45) is 0 Å². The van der Waals surface area contributed by atoms with Crippen molar-refractivity contribution in [3.63, 3.8) is 0 Å². The molecular weight excluding hydrogens is 217 g/mol. The van der Waals surface area contributed by atoms with Crippen LogP contribution in [-0.4, -0.2) is 4.98 Å². The summed E-state index contributed by atoms with van der Waals surface area (Å²) in [4.78, 5) is 2.78. The maximum Gasteiger partial charge on any atom is 0.416 e. The number of anilines is 1. The Labute approximate surface area is 89.9 Å². The van der Waals surface area contributed by atoms with Crippen LogP contribution in [0.25, 0.3) is 11.3 Å². The fraction of sp³-hybridized carbons (Fsp3) is 0.0909. The number of halogens is 3. The van der Waals surface area contributed by atoms with Crippen LogP contribution in [0.1, 0.15) is 5.56 Å². The zero-order chi connectivity index (χ0) is 11.8. The highest BCUT2D eigenvalue weighted by molar-refractivity contribution is 5.63. The number of aromatic nitrogens is 1. The van der Waals surface area contributed by atoms with Crippen LogP contribution in [0.4, 0.5) is 19.0 Å². The van der Waals surface area contributed by atoms with Crippen molar-refractivity contribution < 1.29 is 13.2 Å². The number of rotatable bonds is 1. The summed E-state index contributed by atoms with van der Waals surface area (Å²) in [6.45, 7) is 0. The first-order chi connectivity index (χ1) is 7.47. The van der Waals surface area contributed by atoms with Crippen LogP contribution in [0.15, 0.2) is 36.4 Å². The van der Waals surface area contributed by atoms with Gasteiger partial charge < -0.3 is 10.7 Å². The number of alkyl halides is 3. The molecular formula is C11H9F3N2. The van der Waals surface area contributed by atoms with Crippen LogP contribution in [0.5, 0.6) is 0 Å². The molecule has 84 valence electrons. The summed E-state index contributed by atoms with van der Waals surface area (Å²) in [5.74, 6) is 0.424. The number of nitrogens with two attached hydrogens (primary N) is 1. The van der Waals surface area contributed by atoms with Crippen molar-refractivity contribution in [2.45, 2.75) is 6.18 Å². The van der Waals surface area contributed by atoms with E-state index >= 15 is 0 Å². The first-order valence-electron chi connectivity index (χ1n) is 4.59. The summed E-state index contributed by atoms with van der Waals surface area (Å²) < 4.78 is 37.4. The number of nitrogens with one attached hydrogen (secondary N) is 1. The lowest BCUT2D eigenvalue weighted by Gasteiger charge is -2.07. The van der Waals surface area contributed by atoms with Gasteiger partial charge in [0.25, 0.3) is 0 Å². The average molecular weight is 226 g/mol. The molecule has 2 nitrogen and oxygen atoms in total. The average Bonchev–Trinajstić information content (AvgIpc) is 2.64. The number of hydrogen-bond acceptors (Lipinski definition) is 1. The molecule has 0 saturated heterocycles. The first kappa shape index (κ1) is 10.6. The van der Waals surface area contributed by atoms with Gasteiger partial charge in [-0.15, -0.1) is 0 Å². The van der Waals surface area contributed by atoms with Gasteiger partial charge in [-0.2, -0.15) is 13.2 Å². The molecule has 0 fully saturated rings. The van der Waals surface area contributed by atoms with E-state index in [0.29, 0.717) is 17.1 Å². The van der Waals surface area contributed by atoms with Crippen molar-refractivity contribution in [3.8, 4) is 11.3 Å². The zero-order valence-electron chi connectivity index (χ0n) is 8.18. The third-order valence-corrected chi connectivity index (χ3v) is 2.21. The molecule has 0 saturated carbocycles. The van der Waals surface area contributed by atoms with Gasteiger partial charge >= 0.3 is 6.18 Å². The van der Waals surface area contributed by atoms with Gasteiger partial charge in [-0.3, -0.25) is 0 Å². The monoisotopic (exact) mass is 226 g/mol. The highest BCUT2D eigenvalue weighted by atomic mass is 19.4. The molecule has 0 aliphatic heterocycles. The Hall–Kier alpha value is -1.91. The molecule has 5 heteroatoms. The van der Waals surface area contributed by atoms with Crippen LogP contribution < -0.4 is 5.73 Å². The van der Waals surface area contributed by atoms with E-state index in [0.717, 1.165) is 12.1 Å². The van der Waals surface area contributed by atoms with Gasteiger partial charge in [0.2, 0.25) is 0 Å². The van der Waals surface area contributed by atoms with Gasteiger partial charge in [-0.25, -0.2) is 0 Å². The molecule has 0 aliphatic carbocycles. The molecule has 3 N–H and O–H groups in total. The predicted molar refractivity (Wildman–Crippen MR) is 55.6 cm³/mol. The maximum absolute atomic E-state index is 12.5. The number of hydrogen-bond donors (Lipinski definition) is 2. The Morgan fingerprint density at radius 3 is 2.38 bits per heavy atom. The number of aromatic amines is 1. The Bertz CT molecular complexity index is 500. The summed E-state index contributed by atoms with van der Waals surface area (Å²) >= 11 is 0. The second-order valence-electron chi connectivity index (χ2n) is 3.41. The topological polar surface area (TPSA) is 41.8 Å². The summed E-state index contributed by atoms with van der Waals surface area (Å²) in [6, 6.07) is 8.34. The van der Waals surface area contributed by atoms with E-state index in [4.69, 9.17) is 5.73 Å². The SMILES string of the molecule is Nc1ccc(-c2cccc(C(F)(F)F)c2)[nH]1. The van der Waals surface area contributed by atoms with Gasteiger partial charge in [0, 0.05) is 5.69 Å². The highest BCUT2D eigenvalue weighted by Crippen LogP contribution is 2.31. The third-order valence-electron chi connectivity index (χ3n) is 2.21. The lowest BCUT2D eigenvalue weighted by Crippen LogP contribution is -2.04. The summed E-state index contributed by atoms with van der Waals surface area (Å²) in [5.41, 5.74) is 5.83. The normalized spacial score (nSPS) is 11.7. The molecule has 0 unspecified atom stereocenters. The van der Waals surface area contributed by atoms with Gasteiger partial charge in [0.1, 0.15) is 5.82 Å². The van der Waals surface area contributed by atoms with E-state index in [-0.39, 0.29) is 0 Å². The second-order valence-corrected chi connectivity index (χ2v) is 3.41. The van der Waals surface area contributed by atoms with E-state index < -0.39 is 11.7 Å². The van der Waals surface area contributed by atoms with E-state index in [1.165, 1.54) is 6.07 Å². The van der Waals surface area contributed by atoms with Crippen LogP contribution >= 0.6 is 0 Å². The molecule has 0 bridgehead atoms. The van der Waals surface area contributed by atoms with E-state index in [2.05, 4.69) is 4.98 Å². The van der Waals surface area contributed by atoms with Crippen LogP contribution in [0, 0.1) is 0 Å². The first-order valence-corrected chi connectivity index (χ1v) is 4.59. The van der Waals surface area contributed by atoms with Gasteiger partial charge in [0.05, 0.1) is 5.56 Å². The van der Waals surface area contributed by atoms with Crippen molar-refractivity contribution >= 4 is 5.82 Å². The molecule has 0 aliphatic rings. The molecule has 2 rings (SSSR count). The standard InChI is InChI=1S/C11H9F3N2/c12-11(13,14)8-3-1-2-7(6-8)9-4-5-10(15)16-9/h1-6,16H,15H2. The fourth-order valence-corrected chi connectivity index (χ4v) is 1.44. The zero-order valence-corrected chi connectivity index (χ0v) is 8.18. The molecule has 0 amide bonds. The van der Waals surface area contributed by atoms with Crippen molar-refractivity contribution in [2.75, 3.05) is 5.73 Å². The van der Waals surface area contributed by atoms with E-state index in [1.54, 1.807) is 18.2 Å². The van der Waals surface area contributed by atoms with Crippen LogP contribution in [-0.2, 0) is 6.18 Å². The Balaban J connectivity index is 2.44. The molecule has 1 heterocycles. The highest BCUT2D eigenvalue weighted by Gasteiger charge is 2.30. The van der Waals surface area contributed by atoms with Gasteiger partial charge in [0.15, 0.2) is 0 Å². The minimum atomic E-state index is -4.33. The van der Waals surface area contributed by atoms with E-state index in [1.807, 2.05) is 0 Å². The van der Waals surface area contributed by atoms with Crippen molar-refractivity contribution in [3.05, 3.63) is 42.0 Å². The van der Waals surface area contributed by atoms with Crippen molar-refractivity contribution in [1.29, 1.82) is 0 Å². The largest absolute Gasteiger partial charge is 0.416 e.